The molecule has 26 heavy (non-hydrogen) atoms. The van der Waals surface area contributed by atoms with Crippen molar-refractivity contribution in [3.63, 3.8) is 0 Å². The van der Waals surface area contributed by atoms with E-state index in [2.05, 4.69) is 34.1 Å². The molecule has 0 spiro atoms. The second-order valence-corrected chi connectivity index (χ2v) is 7.43. The molecular formula is C20H30ClN3O2. The van der Waals surface area contributed by atoms with Crippen LogP contribution in [0.3, 0.4) is 0 Å². The lowest BCUT2D eigenvalue weighted by molar-refractivity contribution is -0.127. The summed E-state index contributed by atoms with van der Waals surface area (Å²) in [6.45, 7) is 4.28. The van der Waals surface area contributed by atoms with E-state index in [-0.39, 0.29) is 36.2 Å². The smallest absolute Gasteiger partial charge is 0.223 e. The summed E-state index contributed by atoms with van der Waals surface area (Å²) in [4.78, 5) is 24.4. The van der Waals surface area contributed by atoms with Crippen molar-refractivity contribution in [2.45, 2.75) is 71.1 Å². The molecule has 5 nitrogen and oxygen atoms in total. The summed E-state index contributed by atoms with van der Waals surface area (Å²) < 4.78 is 0. The lowest BCUT2D eigenvalue weighted by Gasteiger charge is -2.23. The summed E-state index contributed by atoms with van der Waals surface area (Å²) in [6, 6.07) is 6.23. The van der Waals surface area contributed by atoms with Gasteiger partial charge < -0.3 is 16.0 Å². The van der Waals surface area contributed by atoms with E-state index in [1.165, 1.54) is 17.5 Å². The van der Waals surface area contributed by atoms with Crippen LogP contribution in [0.4, 0.5) is 0 Å². The van der Waals surface area contributed by atoms with Crippen molar-refractivity contribution in [3.05, 3.63) is 34.9 Å². The summed E-state index contributed by atoms with van der Waals surface area (Å²) >= 11 is 0. The van der Waals surface area contributed by atoms with Crippen LogP contribution in [0.25, 0.3) is 0 Å². The molecular weight excluding hydrogens is 350 g/mol. The molecule has 1 aromatic carbocycles. The normalized spacial score (nSPS) is 17.7. The molecule has 1 aliphatic carbocycles. The Labute approximate surface area is 162 Å². The van der Waals surface area contributed by atoms with Crippen LogP contribution < -0.4 is 16.0 Å². The van der Waals surface area contributed by atoms with Crippen molar-refractivity contribution >= 4 is 24.2 Å². The average molecular weight is 380 g/mol. The van der Waals surface area contributed by atoms with Gasteiger partial charge in [0.1, 0.15) is 0 Å². The van der Waals surface area contributed by atoms with Gasteiger partial charge in [0.15, 0.2) is 0 Å². The average Bonchev–Trinajstić information content (AvgIpc) is 3.08. The molecule has 0 bridgehead atoms. The summed E-state index contributed by atoms with van der Waals surface area (Å²) in [6.07, 6.45) is 5.81. The van der Waals surface area contributed by atoms with Crippen LogP contribution in [0.5, 0.6) is 0 Å². The third kappa shape index (κ3) is 5.71. The Morgan fingerprint density at radius 3 is 2.65 bits per heavy atom. The third-order valence-corrected chi connectivity index (χ3v) is 5.25. The summed E-state index contributed by atoms with van der Waals surface area (Å²) in [5, 5.41) is 9.29. The minimum absolute atomic E-state index is 0. The molecule has 0 radical (unpaired) electrons. The van der Waals surface area contributed by atoms with Gasteiger partial charge in [-0.1, -0.05) is 37.5 Å². The molecule has 1 heterocycles. The first-order valence-corrected chi connectivity index (χ1v) is 9.50. The van der Waals surface area contributed by atoms with Crippen LogP contribution in [-0.4, -0.2) is 17.9 Å². The highest BCUT2D eigenvalue weighted by Gasteiger charge is 2.22. The molecule has 144 valence electrons. The van der Waals surface area contributed by atoms with Gasteiger partial charge in [-0.05, 0) is 36.5 Å². The van der Waals surface area contributed by atoms with Gasteiger partial charge in [-0.15, -0.1) is 12.4 Å². The van der Waals surface area contributed by atoms with Gasteiger partial charge >= 0.3 is 0 Å². The van der Waals surface area contributed by atoms with Gasteiger partial charge in [0, 0.05) is 38.0 Å². The number of benzene rings is 1. The molecule has 1 saturated carbocycles. The zero-order chi connectivity index (χ0) is 17.6. The molecule has 2 aliphatic rings. The minimum Gasteiger partial charge on any atom is -0.353 e. The van der Waals surface area contributed by atoms with Gasteiger partial charge in [-0.25, -0.2) is 0 Å². The van der Waals surface area contributed by atoms with Gasteiger partial charge in [-0.3, -0.25) is 9.59 Å². The Bertz CT molecular complexity index is 629. The maximum Gasteiger partial charge on any atom is 0.223 e. The molecule has 0 aromatic heterocycles. The van der Waals surface area contributed by atoms with E-state index in [1.54, 1.807) is 0 Å². The molecule has 6 heteroatoms. The van der Waals surface area contributed by atoms with Crippen LogP contribution >= 0.6 is 12.4 Å². The number of carbonyl (C=O) groups is 2. The number of amides is 2. The molecule has 1 aromatic rings. The van der Waals surface area contributed by atoms with Crippen LogP contribution in [0.2, 0.25) is 0 Å². The lowest BCUT2D eigenvalue weighted by atomic mass is 9.88. The molecule has 1 aliphatic heterocycles. The van der Waals surface area contributed by atoms with Crippen LogP contribution in [0.15, 0.2) is 18.2 Å². The van der Waals surface area contributed by atoms with Crippen molar-refractivity contribution in [2.75, 3.05) is 0 Å². The maximum atomic E-state index is 12.2. The van der Waals surface area contributed by atoms with E-state index in [4.69, 9.17) is 0 Å². The van der Waals surface area contributed by atoms with Crippen molar-refractivity contribution in [2.24, 2.45) is 5.92 Å². The Hall–Kier alpha value is -1.59. The fourth-order valence-electron chi connectivity index (χ4n) is 3.79. The lowest BCUT2D eigenvalue weighted by Crippen LogP contribution is -2.40. The largest absolute Gasteiger partial charge is 0.353 e. The van der Waals surface area contributed by atoms with E-state index in [9.17, 15) is 9.59 Å². The standard InChI is InChI=1S/C20H29N3O2.ClH/c1-14(23-20(25)16-5-3-2-4-6-16)9-19(24)22-11-15-7-8-17-12-21-13-18(17)10-15;/h7-8,10,14,16,21H,2-6,9,11-13H2,1H3,(H,22,24)(H,23,25);1H. The van der Waals surface area contributed by atoms with E-state index < -0.39 is 0 Å². The molecule has 2 amide bonds. The molecule has 3 rings (SSSR count). The zero-order valence-corrected chi connectivity index (χ0v) is 16.3. The number of carbonyl (C=O) groups excluding carboxylic acids is 2. The second-order valence-electron chi connectivity index (χ2n) is 7.43. The van der Waals surface area contributed by atoms with E-state index in [0.717, 1.165) is 44.3 Å². The van der Waals surface area contributed by atoms with Crippen molar-refractivity contribution in [1.82, 2.24) is 16.0 Å². The Morgan fingerprint density at radius 2 is 1.88 bits per heavy atom. The number of hydrogen-bond acceptors (Lipinski definition) is 3. The maximum absolute atomic E-state index is 12.2. The van der Waals surface area contributed by atoms with E-state index in [1.807, 2.05) is 6.92 Å². The molecule has 3 N–H and O–H groups in total. The highest BCUT2D eigenvalue weighted by atomic mass is 35.5. The topological polar surface area (TPSA) is 70.2 Å². The van der Waals surface area contributed by atoms with Gasteiger partial charge in [0.25, 0.3) is 0 Å². The summed E-state index contributed by atoms with van der Waals surface area (Å²) in [5.41, 5.74) is 3.78. The minimum atomic E-state index is -0.126. The number of hydrogen-bond donors (Lipinski definition) is 3. The number of fused-ring (bicyclic) bond motifs is 1. The second kappa shape index (κ2) is 9.93. The van der Waals surface area contributed by atoms with E-state index in [0.29, 0.717) is 13.0 Å². The van der Waals surface area contributed by atoms with Crippen LogP contribution in [0.1, 0.15) is 62.1 Å². The zero-order valence-electron chi connectivity index (χ0n) is 15.5. The fraction of sp³-hybridized carbons (Fsp3) is 0.600. The molecule has 1 fully saturated rings. The van der Waals surface area contributed by atoms with Crippen LogP contribution in [-0.2, 0) is 29.2 Å². The van der Waals surface area contributed by atoms with Crippen molar-refractivity contribution in [3.8, 4) is 0 Å². The van der Waals surface area contributed by atoms with Gasteiger partial charge in [-0.2, -0.15) is 0 Å². The monoisotopic (exact) mass is 379 g/mol. The predicted molar refractivity (Wildman–Crippen MR) is 105 cm³/mol. The quantitative estimate of drug-likeness (QED) is 0.711. The Morgan fingerprint density at radius 1 is 1.15 bits per heavy atom. The fourth-order valence-corrected chi connectivity index (χ4v) is 3.79. The highest BCUT2D eigenvalue weighted by molar-refractivity contribution is 5.85. The molecule has 1 atom stereocenters. The first-order valence-electron chi connectivity index (χ1n) is 9.50. The first-order chi connectivity index (χ1) is 12.1. The van der Waals surface area contributed by atoms with E-state index >= 15 is 0 Å². The highest BCUT2D eigenvalue weighted by Crippen LogP contribution is 2.23. The predicted octanol–water partition coefficient (Wildman–Crippen LogP) is 2.80. The third-order valence-electron chi connectivity index (χ3n) is 5.25. The van der Waals surface area contributed by atoms with Crippen molar-refractivity contribution < 1.29 is 9.59 Å². The summed E-state index contributed by atoms with van der Waals surface area (Å²) in [7, 11) is 0. The summed E-state index contributed by atoms with van der Waals surface area (Å²) in [5.74, 6) is 0.237. The number of rotatable bonds is 6. The SMILES string of the molecule is CC(CC(=O)NCc1ccc2c(c1)CNC2)NC(=O)C1CCCCC1.Cl. The number of nitrogens with one attached hydrogen (secondary N) is 3. The first kappa shape index (κ1) is 20.7. The molecule has 1 unspecified atom stereocenters. The number of halogens is 1. The van der Waals surface area contributed by atoms with Gasteiger partial charge in [0.05, 0.1) is 0 Å². The Kier molecular flexibility index (Phi) is 7.91. The van der Waals surface area contributed by atoms with Gasteiger partial charge in [0.2, 0.25) is 11.8 Å². The molecule has 0 saturated heterocycles. The Balaban J connectivity index is 0.00000243. The van der Waals surface area contributed by atoms with Crippen molar-refractivity contribution in [1.29, 1.82) is 0 Å². The van der Waals surface area contributed by atoms with Crippen LogP contribution in [0, 0.1) is 5.92 Å².